The maximum Gasteiger partial charge on any atom is 0.305 e. The van der Waals surface area contributed by atoms with Gasteiger partial charge in [-0.05, 0) is 36.8 Å². The summed E-state index contributed by atoms with van der Waals surface area (Å²) in [6.45, 7) is -0.281. The first-order valence-corrected chi connectivity index (χ1v) is 7.57. The van der Waals surface area contributed by atoms with Crippen LogP contribution in [-0.2, 0) is 16.0 Å². The molecule has 0 saturated carbocycles. The summed E-state index contributed by atoms with van der Waals surface area (Å²) < 4.78 is 16.6. The topological polar surface area (TPSA) is 46.5 Å². The number of carbonyl (C=O) groups excluding carboxylic acids is 1. The first-order chi connectivity index (χ1) is 10.2. The number of aryl methyl sites for hydroxylation is 1. The molecular weight excluding hydrogens is 271 g/mol. The molecule has 4 heteroatoms. The molecule has 1 unspecified atom stereocenters. The predicted octanol–water partition coefficient (Wildman–Crippen LogP) is 3.75. The van der Waals surface area contributed by atoms with E-state index in [-0.39, 0.29) is 12.6 Å². The largest absolute Gasteiger partial charge is 0.469 e. The van der Waals surface area contributed by atoms with Crippen molar-refractivity contribution in [3.05, 3.63) is 35.4 Å². The van der Waals surface area contributed by atoms with Crippen LogP contribution in [0, 0.1) is 0 Å². The van der Waals surface area contributed by atoms with E-state index in [0.717, 1.165) is 36.8 Å². The minimum absolute atomic E-state index is 0.185. The second kappa shape index (κ2) is 10.3. The van der Waals surface area contributed by atoms with E-state index in [1.807, 2.05) is 24.3 Å². The van der Waals surface area contributed by atoms with E-state index in [2.05, 4.69) is 4.74 Å². The van der Waals surface area contributed by atoms with Gasteiger partial charge in [-0.25, -0.2) is 0 Å². The molecule has 1 aromatic rings. The molecule has 0 radical (unpaired) electrons. The molecule has 0 spiro atoms. The van der Waals surface area contributed by atoms with E-state index in [9.17, 15) is 14.3 Å². The van der Waals surface area contributed by atoms with E-state index in [4.69, 9.17) is 0 Å². The highest BCUT2D eigenvalue weighted by Gasteiger charge is 2.07. The molecule has 0 fully saturated rings. The first-order valence-electron chi connectivity index (χ1n) is 7.57. The quantitative estimate of drug-likeness (QED) is 0.528. The zero-order valence-corrected chi connectivity index (χ0v) is 12.7. The molecule has 1 atom stereocenters. The fourth-order valence-electron chi connectivity index (χ4n) is 2.22. The molecule has 1 rings (SSSR count). The lowest BCUT2D eigenvalue weighted by molar-refractivity contribution is -0.140. The Labute approximate surface area is 126 Å². The maximum atomic E-state index is 12.0. The van der Waals surface area contributed by atoms with Crippen molar-refractivity contribution in [3.8, 4) is 0 Å². The van der Waals surface area contributed by atoms with Crippen LogP contribution in [0.3, 0.4) is 0 Å². The Morgan fingerprint density at radius 3 is 2.52 bits per heavy atom. The van der Waals surface area contributed by atoms with Crippen molar-refractivity contribution in [1.29, 1.82) is 0 Å². The molecule has 0 aliphatic rings. The Kier molecular flexibility index (Phi) is 8.67. The van der Waals surface area contributed by atoms with Crippen molar-refractivity contribution < 1.29 is 19.0 Å². The monoisotopic (exact) mass is 296 g/mol. The number of hydrogen-bond donors (Lipinski definition) is 1. The second-order valence-electron chi connectivity index (χ2n) is 5.23. The zero-order chi connectivity index (χ0) is 15.5. The van der Waals surface area contributed by atoms with Crippen LogP contribution in [0.15, 0.2) is 24.3 Å². The Hall–Kier alpha value is -1.42. The highest BCUT2D eigenvalue weighted by molar-refractivity contribution is 5.69. The molecule has 0 aliphatic carbocycles. The number of hydrogen-bond acceptors (Lipinski definition) is 3. The predicted molar refractivity (Wildman–Crippen MR) is 80.8 cm³/mol. The molecule has 1 aromatic carbocycles. The van der Waals surface area contributed by atoms with E-state index in [1.54, 1.807) is 0 Å². The maximum absolute atomic E-state index is 12.0. The fraction of sp³-hybridized carbons (Fsp3) is 0.588. The average Bonchev–Trinajstić information content (AvgIpc) is 2.51. The average molecular weight is 296 g/mol. The lowest BCUT2D eigenvalue weighted by Gasteiger charge is -2.11. The number of aliphatic hydroxyl groups is 1. The van der Waals surface area contributed by atoms with Gasteiger partial charge in [0.25, 0.3) is 0 Å². The molecule has 0 aromatic heterocycles. The smallest absolute Gasteiger partial charge is 0.305 e. The van der Waals surface area contributed by atoms with Crippen LogP contribution in [0.2, 0.25) is 0 Å². The van der Waals surface area contributed by atoms with Gasteiger partial charge >= 0.3 is 5.97 Å². The van der Waals surface area contributed by atoms with Gasteiger partial charge in [-0.1, -0.05) is 37.1 Å². The van der Waals surface area contributed by atoms with Crippen molar-refractivity contribution in [2.75, 3.05) is 13.8 Å². The van der Waals surface area contributed by atoms with Crippen LogP contribution >= 0.6 is 0 Å². The fourth-order valence-corrected chi connectivity index (χ4v) is 2.22. The molecule has 0 bridgehead atoms. The summed E-state index contributed by atoms with van der Waals surface area (Å²) in [6.07, 6.45) is 4.43. The van der Waals surface area contributed by atoms with Gasteiger partial charge in [0.2, 0.25) is 0 Å². The van der Waals surface area contributed by atoms with Crippen LogP contribution < -0.4 is 0 Å². The van der Waals surface area contributed by atoms with Crippen molar-refractivity contribution in [3.63, 3.8) is 0 Å². The number of rotatable bonds is 10. The molecule has 3 nitrogen and oxygen atoms in total. The third-order valence-electron chi connectivity index (χ3n) is 3.55. The van der Waals surface area contributed by atoms with Crippen LogP contribution in [0.25, 0.3) is 0 Å². The second-order valence-corrected chi connectivity index (χ2v) is 5.23. The summed E-state index contributed by atoms with van der Waals surface area (Å²) in [5.74, 6) is -0.185. The van der Waals surface area contributed by atoms with E-state index < -0.39 is 6.10 Å². The number of halogens is 1. The van der Waals surface area contributed by atoms with E-state index >= 15 is 0 Å². The zero-order valence-electron chi connectivity index (χ0n) is 12.7. The van der Waals surface area contributed by atoms with E-state index in [1.165, 1.54) is 7.11 Å². The standard InChI is InChI=1S/C17H25FO3/c1-21-17(20)8-5-6-14-9-11-15(12-10-14)16(19)7-3-2-4-13-18/h9-12,16,19H,2-8,13H2,1H3. The van der Waals surface area contributed by atoms with Crippen molar-refractivity contribution >= 4 is 5.97 Å². The van der Waals surface area contributed by atoms with Crippen molar-refractivity contribution in [1.82, 2.24) is 0 Å². The highest BCUT2D eigenvalue weighted by atomic mass is 19.1. The van der Waals surface area contributed by atoms with Crippen LogP contribution in [0.1, 0.15) is 55.8 Å². The van der Waals surface area contributed by atoms with Crippen molar-refractivity contribution in [2.24, 2.45) is 0 Å². The normalized spacial score (nSPS) is 12.1. The third kappa shape index (κ3) is 7.23. The minimum atomic E-state index is -0.478. The number of esters is 1. The molecule has 0 amide bonds. The summed E-state index contributed by atoms with van der Waals surface area (Å²) in [5, 5.41) is 10.0. The summed E-state index contributed by atoms with van der Waals surface area (Å²) in [5.41, 5.74) is 2.04. The Morgan fingerprint density at radius 1 is 1.19 bits per heavy atom. The van der Waals surface area contributed by atoms with Gasteiger partial charge in [-0.2, -0.15) is 0 Å². The Morgan fingerprint density at radius 2 is 1.90 bits per heavy atom. The third-order valence-corrected chi connectivity index (χ3v) is 3.55. The summed E-state index contributed by atoms with van der Waals surface area (Å²) in [4.78, 5) is 11.0. The number of alkyl halides is 1. The molecule has 21 heavy (non-hydrogen) atoms. The molecule has 0 saturated heterocycles. The van der Waals surface area contributed by atoms with Gasteiger partial charge in [0.05, 0.1) is 19.9 Å². The number of aliphatic hydroxyl groups excluding tert-OH is 1. The molecule has 1 N–H and O–H groups in total. The lowest BCUT2D eigenvalue weighted by Crippen LogP contribution is -2.01. The molecule has 0 aliphatic heterocycles. The van der Waals surface area contributed by atoms with Gasteiger partial charge in [-0.15, -0.1) is 0 Å². The van der Waals surface area contributed by atoms with Gasteiger partial charge in [-0.3, -0.25) is 9.18 Å². The SMILES string of the molecule is COC(=O)CCCc1ccc(C(O)CCCCCF)cc1. The minimum Gasteiger partial charge on any atom is -0.469 e. The first kappa shape index (κ1) is 17.6. The van der Waals surface area contributed by atoms with Crippen LogP contribution in [0.5, 0.6) is 0 Å². The number of carbonyl (C=O) groups is 1. The van der Waals surface area contributed by atoms with Crippen molar-refractivity contribution in [2.45, 2.75) is 51.0 Å². The van der Waals surface area contributed by atoms with Gasteiger partial charge in [0.15, 0.2) is 0 Å². The van der Waals surface area contributed by atoms with Gasteiger partial charge < -0.3 is 9.84 Å². The summed E-state index contributed by atoms with van der Waals surface area (Å²) in [6, 6.07) is 7.81. The number of unbranched alkanes of at least 4 members (excludes halogenated alkanes) is 2. The lowest BCUT2D eigenvalue weighted by atomic mass is 10.00. The summed E-state index contributed by atoms with van der Waals surface area (Å²) >= 11 is 0. The van der Waals surface area contributed by atoms with Gasteiger partial charge in [0.1, 0.15) is 0 Å². The highest BCUT2D eigenvalue weighted by Crippen LogP contribution is 2.20. The van der Waals surface area contributed by atoms with Crippen LogP contribution in [0.4, 0.5) is 4.39 Å². The summed E-state index contributed by atoms with van der Waals surface area (Å²) in [7, 11) is 1.39. The number of methoxy groups -OCH3 is 1. The number of benzene rings is 1. The molecule has 118 valence electrons. The molecular formula is C17H25FO3. The van der Waals surface area contributed by atoms with Crippen LogP contribution in [-0.4, -0.2) is 24.9 Å². The Bertz CT molecular complexity index is 403. The number of ether oxygens (including phenoxy) is 1. The van der Waals surface area contributed by atoms with Gasteiger partial charge in [0, 0.05) is 6.42 Å². The Balaban J connectivity index is 2.33. The van der Waals surface area contributed by atoms with E-state index in [0.29, 0.717) is 19.3 Å². The molecule has 0 heterocycles.